The molecule has 0 radical (unpaired) electrons. The van der Waals surface area contributed by atoms with E-state index in [0.29, 0.717) is 18.9 Å². The zero-order valence-corrected chi connectivity index (χ0v) is 35.2. The summed E-state index contributed by atoms with van der Waals surface area (Å²) >= 11 is 0. The van der Waals surface area contributed by atoms with Gasteiger partial charge in [0.1, 0.15) is 17.7 Å². The average molecular weight is 794 g/mol. The van der Waals surface area contributed by atoms with E-state index in [1.165, 1.54) is 23.6 Å². The third kappa shape index (κ3) is 7.70. The fourth-order valence-corrected chi connectivity index (χ4v) is 9.19. The highest BCUT2D eigenvalue weighted by atomic mass is 16.5. The summed E-state index contributed by atoms with van der Waals surface area (Å²) in [6.45, 7) is 13.7. The Bertz CT molecular complexity index is 2550. The Morgan fingerprint density at radius 1 is 0.746 bits per heavy atom. The van der Waals surface area contributed by atoms with Crippen LogP contribution in [0.5, 0.6) is 0 Å². The molecule has 306 valence electrons. The van der Waals surface area contributed by atoms with Gasteiger partial charge in [-0.05, 0) is 107 Å². The van der Waals surface area contributed by atoms with Crippen LogP contribution < -0.4 is 5.32 Å². The van der Waals surface area contributed by atoms with Crippen molar-refractivity contribution >= 4 is 39.5 Å². The van der Waals surface area contributed by atoms with Gasteiger partial charge in [0.2, 0.25) is 11.8 Å². The highest BCUT2D eigenvalue weighted by Crippen LogP contribution is 2.41. The number of nitrogens with one attached hydrogen (secondary N) is 3. The maximum absolute atomic E-state index is 13.8. The Morgan fingerprint density at radius 3 is 1.95 bits per heavy atom. The second kappa shape index (κ2) is 16.4. The summed E-state index contributed by atoms with van der Waals surface area (Å²) in [7, 11) is 1.31. The Balaban J connectivity index is 1.07. The Morgan fingerprint density at radius 2 is 1.31 bits per heavy atom. The van der Waals surface area contributed by atoms with Crippen molar-refractivity contribution in [2.24, 2.45) is 11.8 Å². The number of methoxy groups -OCH3 is 1. The molecule has 0 saturated carbocycles. The topological polar surface area (TPSA) is 136 Å². The molecule has 2 fully saturated rings. The molecule has 59 heavy (non-hydrogen) atoms. The summed E-state index contributed by atoms with van der Waals surface area (Å²) in [4.78, 5) is 59.5. The maximum Gasteiger partial charge on any atom is 0.407 e. The first-order valence-electron chi connectivity index (χ1n) is 21.0. The number of hydrogen-bond donors (Lipinski definition) is 3. The Kier molecular flexibility index (Phi) is 11.0. The van der Waals surface area contributed by atoms with Crippen LogP contribution in [0.3, 0.4) is 0 Å². The molecule has 0 spiro atoms. The number of carbonyl (C=O) groups excluding carboxylic acids is 3. The molecule has 2 aromatic heterocycles. The lowest BCUT2D eigenvalue weighted by Gasteiger charge is -2.30. The van der Waals surface area contributed by atoms with E-state index in [1.54, 1.807) is 0 Å². The number of aryl methyl sites for hydroxylation is 2. The molecule has 2 aliphatic rings. The number of likely N-dealkylation sites (tertiary alicyclic amines) is 2. The molecular formula is C48H55N7O4. The minimum Gasteiger partial charge on any atom is -0.453 e. The number of nitrogens with zero attached hydrogens (tertiary/aromatic N) is 4. The second-order valence-electron chi connectivity index (χ2n) is 17.1. The quantitative estimate of drug-likeness (QED) is 0.126. The van der Waals surface area contributed by atoms with Crippen molar-refractivity contribution in [1.82, 2.24) is 35.1 Å². The minimum absolute atomic E-state index is 0.00387. The first kappa shape index (κ1) is 39.8. The molecule has 11 heteroatoms. The molecule has 2 aliphatic heterocycles. The van der Waals surface area contributed by atoms with E-state index in [1.807, 2.05) is 36.0 Å². The van der Waals surface area contributed by atoms with Crippen LogP contribution in [0.25, 0.3) is 55.2 Å². The van der Waals surface area contributed by atoms with Crippen molar-refractivity contribution < 1.29 is 19.1 Å². The average Bonchev–Trinajstić information content (AvgIpc) is 4.07. The maximum atomic E-state index is 13.8. The number of benzene rings is 4. The normalized spacial score (nSPS) is 17.4. The van der Waals surface area contributed by atoms with Crippen molar-refractivity contribution in [2.75, 3.05) is 20.2 Å². The zero-order valence-electron chi connectivity index (χ0n) is 35.2. The van der Waals surface area contributed by atoms with Crippen molar-refractivity contribution in [1.29, 1.82) is 0 Å². The van der Waals surface area contributed by atoms with Crippen molar-refractivity contribution in [3.05, 3.63) is 95.8 Å². The van der Waals surface area contributed by atoms with Gasteiger partial charge in [0.25, 0.3) is 0 Å². The van der Waals surface area contributed by atoms with Gasteiger partial charge in [-0.2, -0.15) is 0 Å². The van der Waals surface area contributed by atoms with Crippen LogP contribution in [-0.4, -0.2) is 73.9 Å². The zero-order chi connectivity index (χ0) is 41.5. The molecule has 3 N–H and O–H groups in total. The summed E-state index contributed by atoms with van der Waals surface area (Å²) in [6.07, 6.45) is 7.27. The van der Waals surface area contributed by atoms with Crippen LogP contribution in [0.1, 0.15) is 94.7 Å². The standard InChI is InChI=1S/C48H55N7O4/c1-27(2)22-41(56)54-20-8-10-39(54)45-49-25-37(51-45)34-17-15-31-23-33(16-14-32(31)24-34)35-18-19-36(43-30(6)13-12-29(5)42(35)43)38-26-50-46(52-38)40-11-9-21-55(40)47(57)44(28(3)4)53-48(58)59-7/h12-19,23-28,39-40,44H,8-11,20-22H2,1-7H3,(H,49,51)(H,50,52)(H,53,58)/t39-,40-,44-/m0/s1. The van der Waals surface area contributed by atoms with Crippen LogP contribution in [0.15, 0.2) is 73.1 Å². The predicted molar refractivity (Wildman–Crippen MR) is 233 cm³/mol. The molecular weight excluding hydrogens is 739 g/mol. The summed E-state index contributed by atoms with van der Waals surface area (Å²) in [6, 6.07) is 21.0. The number of alkyl carbamates (subject to hydrolysis) is 1. The minimum atomic E-state index is -0.692. The number of hydrogen-bond acceptors (Lipinski definition) is 6. The lowest BCUT2D eigenvalue weighted by molar-refractivity contribution is -0.135. The first-order chi connectivity index (χ1) is 28.4. The molecule has 0 bridgehead atoms. The molecule has 0 aliphatic carbocycles. The largest absolute Gasteiger partial charge is 0.453 e. The molecule has 2 saturated heterocycles. The lowest BCUT2D eigenvalue weighted by Crippen LogP contribution is -2.51. The Labute approximate surface area is 346 Å². The molecule has 8 rings (SSSR count). The lowest BCUT2D eigenvalue weighted by atomic mass is 9.88. The van der Waals surface area contributed by atoms with Gasteiger partial charge >= 0.3 is 6.09 Å². The molecule has 0 unspecified atom stereocenters. The van der Waals surface area contributed by atoms with Crippen LogP contribution in [0, 0.1) is 25.7 Å². The van der Waals surface area contributed by atoms with Crippen molar-refractivity contribution in [3.8, 4) is 33.6 Å². The molecule has 11 nitrogen and oxygen atoms in total. The van der Waals surface area contributed by atoms with Gasteiger partial charge < -0.3 is 29.8 Å². The highest BCUT2D eigenvalue weighted by molar-refractivity contribution is 6.08. The van der Waals surface area contributed by atoms with Gasteiger partial charge in [-0.15, -0.1) is 0 Å². The SMILES string of the molecule is COC(=O)N[C@H](C(=O)N1CCC[C@H]1c1ncc(-c2ccc(-c3ccc4cc(-c5cnc([C@@H]6CCCN6C(=O)CC(C)C)[nH]5)ccc4c3)c3c(C)ccc(C)c23)[nH]1)C(C)C. The number of ether oxygens (including phenoxy) is 1. The van der Waals surface area contributed by atoms with E-state index in [2.05, 4.69) is 104 Å². The predicted octanol–water partition coefficient (Wildman–Crippen LogP) is 9.81. The van der Waals surface area contributed by atoms with Crippen LogP contribution in [-0.2, 0) is 14.3 Å². The molecule has 3 atom stereocenters. The molecule has 4 aromatic carbocycles. The monoisotopic (exact) mass is 793 g/mol. The third-order valence-corrected chi connectivity index (χ3v) is 12.2. The fraction of sp³-hybridized carbons (Fsp3) is 0.396. The third-order valence-electron chi connectivity index (χ3n) is 12.2. The van der Waals surface area contributed by atoms with E-state index in [0.717, 1.165) is 93.7 Å². The van der Waals surface area contributed by atoms with E-state index in [4.69, 9.17) is 14.7 Å². The summed E-state index contributed by atoms with van der Waals surface area (Å²) in [5, 5.41) is 7.37. The summed E-state index contributed by atoms with van der Waals surface area (Å²) in [5.74, 6) is 1.90. The summed E-state index contributed by atoms with van der Waals surface area (Å²) < 4.78 is 4.81. The smallest absolute Gasteiger partial charge is 0.407 e. The first-order valence-corrected chi connectivity index (χ1v) is 21.0. The number of amides is 3. The number of rotatable bonds is 10. The Hall–Kier alpha value is -5.97. The number of H-pyrrole nitrogens is 2. The van der Waals surface area contributed by atoms with Crippen LogP contribution >= 0.6 is 0 Å². The van der Waals surface area contributed by atoms with E-state index in [9.17, 15) is 14.4 Å². The van der Waals surface area contributed by atoms with Crippen molar-refractivity contribution in [2.45, 2.75) is 91.8 Å². The fourth-order valence-electron chi connectivity index (χ4n) is 9.19. The van der Waals surface area contributed by atoms with Crippen LogP contribution in [0.4, 0.5) is 4.79 Å². The van der Waals surface area contributed by atoms with E-state index < -0.39 is 12.1 Å². The van der Waals surface area contributed by atoms with Gasteiger partial charge in [-0.1, -0.05) is 76.2 Å². The van der Waals surface area contributed by atoms with Crippen LogP contribution in [0.2, 0.25) is 0 Å². The van der Waals surface area contributed by atoms with Crippen molar-refractivity contribution in [3.63, 3.8) is 0 Å². The van der Waals surface area contributed by atoms with E-state index in [-0.39, 0.29) is 29.8 Å². The van der Waals surface area contributed by atoms with Gasteiger partial charge in [-0.25, -0.2) is 14.8 Å². The molecule has 6 aromatic rings. The molecule has 3 amide bonds. The summed E-state index contributed by atoms with van der Waals surface area (Å²) in [5.41, 5.74) is 8.61. The van der Waals surface area contributed by atoms with Gasteiger partial charge in [0.05, 0.1) is 43.0 Å². The molecule has 4 heterocycles. The number of aromatic amines is 2. The second-order valence-corrected chi connectivity index (χ2v) is 17.1. The van der Waals surface area contributed by atoms with Gasteiger partial charge in [0.15, 0.2) is 0 Å². The van der Waals surface area contributed by atoms with Gasteiger partial charge in [-0.3, -0.25) is 9.59 Å². The number of carbonyl (C=O) groups is 3. The van der Waals surface area contributed by atoms with Gasteiger partial charge in [0, 0.05) is 30.6 Å². The number of fused-ring (bicyclic) bond motifs is 2. The van der Waals surface area contributed by atoms with E-state index >= 15 is 0 Å². The number of aromatic nitrogens is 4. The highest BCUT2D eigenvalue weighted by Gasteiger charge is 2.38. The number of imidazole rings is 2.